The summed E-state index contributed by atoms with van der Waals surface area (Å²) < 4.78 is 69.7. The maximum atomic E-state index is 13.4. The number of rotatable bonds is 4. The summed E-state index contributed by atoms with van der Waals surface area (Å²) in [5.41, 5.74) is -3.68. The molecule has 1 unspecified atom stereocenters. The van der Waals surface area contributed by atoms with Gasteiger partial charge in [0.1, 0.15) is 11.3 Å². The maximum Gasteiger partial charge on any atom is 0.431 e. The van der Waals surface area contributed by atoms with Gasteiger partial charge in [0.15, 0.2) is 0 Å². The van der Waals surface area contributed by atoms with Crippen molar-refractivity contribution >= 4 is 11.9 Å². The lowest BCUT2D eigenvalue weighted by Crippen LogP contribution is -2.34. The summed E-state index contributed by atoms with van der Waals surface area (Å²) in [6.45, 7) is -0.0880. The third-order valence-corrected chi connectivity index (χ3v) is 5.18. The number of amides is 1. The normalized spacial score (nSPS) is 22.9. The molecule has 2 N–H and O–H groups in total. The van der Waals surface area contributed by atoms with Crippen molar-refractivity contribution in [2.75, 3.05) is 25.0 Å². The highest BCUT2D eigenvalue weighted by atomic mass is 19.4. The number of H-pyrrole nitrogens is 1. The van der Waals surface area contributed by atoms with E-state index in [1.165, 1.54) is 4.90 Å². The zero-order valence-corrected chi connectivity index (χ0v) is 14.6. The Morgan fingerprint density at radius 2 is 2.03 bits per heavy atom. The molecular formula is C16H14F5N5O3. The fourth-order valence-electron chi connectivity index (χ4n) is 3.38. The molecule has 1 aliphatic carbocycles. The standard InChI is InChI=1S/C16H14F5N5O3/c17-15(18)6-14(15)3-4-26(7-14)10(27)5-22-13-25-24-12(29-13)8-1-2-9(16(19,20)21)23-11(8)28/h1-2H,3-7H2,(H,22,25)(H,23,28). The minimum Gasteiger partial charge on any atom is -0.403 e. The number of nitrogens with one attached hydrogen (secondary N) is 2. The molecule has 156 valence electrons. The van der Waals surface area contributed by atoms with E-state index in [2.05, 4.69) is 15.5 Å². The molecule has 1 amide bonds. The number of halogens is 5. The van der Waals surface area contributed by atoms with Crippen molar-refractivity contribution in [3.8, 4) is 11.5 Å². The van der Waals surface area contributed by atoms with Crippen molar-refractivity contribution < 1.29 is 31.2 Å². The van der Waals surface area contributed by atoms with Crippen molar-refractivity contribution in [1.29, 1.82) is 0 Å². The SMILES string of the molecule is O=C(CNc1nnc(-c2ccc(C(F)(F)F)[nH]c2=O)o1)N1CCC2(C1)CC2(F)F. The van der Waals surface area contributed by atoms with E-state index in [1.807, 2.05) is 0 Å². The fourth-order valence-corrected chi connectivity index (χ4v) is 3.38. The first-order chi connectivity index (χ1) is 13.5. The highest BCUT2D eigenvalue weighted by Crippen LogP contribution is 2.64. The van der Waals surface area contributed by atoms with E-state index >= 15 is 0 Å². The first kappa shape index (κ1) is 19.3. The minimum atomic E-state index is -4.71. The fraction of sp³-hybridized carbons (Fsp3) is 0.500. The molecule has 1 saturated heterocycles. The molecule has 0 aromatic carbocycles. The first-order valence-electron chi connectivity index (χ1n) is 8.55. The van der Waals surface area contributed by atoms with E-state index in [4.69, 9.17) is 4.42 Å². The van der Waals surface area contributed by atoms with E-state index in [0.29, 0.717) is 6.07 Å². The van der Waals surface area contributed by atoms with Gasteiger partial charge in [0.2, 0.25) is 5.91 Å². The molecule has 3 heterocycles. The Bertz CT molecular complexity index is 1020. The largest absolute Gasteiger partial charge is 0.431 e. The molecule has 13 heteroatoms. The maximum absolute atomic E-state index is 13.4. The summed E-state index contributed by atoms with van der Waals surface area (Å²) in [4.78, 5) is 27.0. The van der Waals surface area contributed by atoms with E-state index in [1.54, 1.807) is 4.98 Å². The van der Waals surface area contributed by atoms with E-state index < -0.39 is 34.7 Å². The average molecular weight is 419 g/mol. The van der Waals surface area contributed by atoms with Gasteiger partial charge in [-0.2, -0.15) is 13.2 Å². The van der Waals surface area contributed by atoms with Crippen LogP contribution in [0.3, 0.4) is 0 Å². The van der Waals surface area contributed by atoms with Crippen LogP contribution in [0, 0.1) is 5.41 Å². The van der Waals surface area contributed by atoms with Gasteiger partial charge in [0.05, 0.1) is 12.0 Å². The van der Waals surface area contributed by atoms with Crippen LogP contribution in [0.25, 0.3) is 11.5 Å². The van der Waals surface area contributed by atoms with Crippen LogP contribution >= 0.6 is 0 Å². The Balaban J connectivity index is 1.38. The number of aromatic nitrogens is 3. The second kappa shape index (κ2) is 6.26. The highest BCUT2D eigenvalue weighted by Gasteiger charge is 2.72. The zero-order valence-electron chi connectivity index (χ0n) is 14.6. The van der Waals surface area contributed by atoms with Gasteiger partial charge in [-0.15, -0.1) is 5.10 Å². The van der Waals surface area contributed by atoms with E-state index in [-0.39, 0.29) is 49.9 Å². The van der Waals surface area contributed by atoms with E-state index in [0.717, 1.165) is 6.07 Å². The van der Waals surface area contributed by atoms with Crippen molar-refractivity contribution in [3.05, 3.63) is 28.2 Å². The monoisotopic (exact) mass is 419 g/mol. The second-order valence-electron chi connectivity index (χ2n) is 7.11. The lowest BCUT2D eigenvalue weighted by molar-refractivity contribution is -0.141. The summed E-state index contributed by atoms with van der Waals surface area (Å²) in [6.07, 6.45) is -4.68. The lowest BCUT2D eigenvalue weighted by atomic mass is 10.1. The lowest BCUT2D eigenvalue weighted by Gasteiger charge is -2.16. The third kappa shape index (κ3) is 3.44. The molecule has 2 aliphatic rings. The van der Waals surface area contributed by atoms with Gasteiger partial charge in [-0.25, -0.2) is 8.78 Å². The van der Waals surface area contributed by atoms with Gasteiger partial charge >= 0.3 is 12.2 Å². The Kier molecular flexibility index (Phi) is 4.17. The molecule has 0 radical (unpaired) electrons. The highest BCUT2D eigenvalue weighted by molar-refractivity contribution is 5.80. The van der Waals surface area contributed by atoms with Crippen molar-refractivity contribution in [1.82, 2.24) is 20.1 Å². The Labute approximate surface area is 159 Å². The average Bonchev–Trinajstić information content (AvgIpc) is 3.05. The summed E-state index contributed by atoms with van der Waals surface area (Å²) in [5.74, 6) is -3.50. The van der Waals surface area contributed by atoms with Gasteiger partial charge in [-0.1, -0.05) is 5.10 Å². The number of anilines is 1. The molecule has 1 spiro atoms. The number of carbonyl (C=O) groups excluding carboxylic acids is 1. The summed E-state index contributed by atoms with van der Waals surface area (Å²) in [6, 6.07) is 1.32. The number of carbonyl (C=O) groups is 1. The summed E-state index contributed by atoms with van der Waals surface area (Å²) >= 11 is 0. The molecular weight excluding hydrogens is 405 g/mol. The van der Waals surface area contributed by atoms with Gasteiger partial charge in [-0.05, 0) is 18.6 Å². The van der Waals surface area contributed by atoms with Crippen molar-refractivity contribution in [3.63, 3.8) is 0 Å². The minimum absolute atomic E-state index is 0.0173. The van der Waals surface area contributed by atoms with Crippen LogP contribution in [-0.2, 0) is 11.0 Å². The molecule has 1 aliphatic heterocycles. The molecule has 2 aromatic rings. The number of aromatic amines is 1. The molecule has 4 rings (SSSR count). The number of hydrogen-bond acceptors (Lipinski definition) is 6. The van der Waals surface area contributed by atoms with Crippen LogP contribution in [0.2, 0.25) is 0 Å². The molecule has 2 fully saturated rings. The van der Waals surface area contributed by atoms with Gasteiger partial charge in [0, 0.05) is 19.5 Å². The number of hydrogen-bond donors (Lipinski definition) is 2. The van der Waals surface area contributed by atoms with Crippen LogP contribution in [0.5, 0.6) is 0 Å². The van der Waals surface area contributed by atoms with Gasteiger partial charge < -0.3 is 19.6 Å². The van der Waals surface area contributed by atoms with Gasteiger partial charge in [0.25, 0.3) is 17.4 Å². The molecule has 8 nitrogen and oxygen atoms in total. The molecule has 1 saturated carbocycles. The second-order valence-corrected chi connectivity index (χ2v) is 7.11. The van der Waals surface area contributed by atoms with Crippen LogP contribution < -0.4 is 10.9 Å². The molecule has 29 heavy (non-hydrogen) atoms. The molecule has 2 aromatic heterocycles. The predicted molar refractivity (Wildman–Crippen MR) is 87.0 cm³/mol. The van der Waals surface area contributed by atoms with Crippen molar-refractivity contribution in [2.24, 2.45) is 5.41 Å². The smallest absolute Gasteiger partial charge is 0.403 e. The van der Waals surface area contributed by atoms with Crippen LogP contribution in [-0.4, -0.2) is 51.5 Å². The van der Waals surface area contributed by atoms with Crippen molar-refractivity contribution in [2.45, 2.75) is 24.9 Å². The van der Waals surface area contributed by atoms with Crippen LogP contribution in [0.4, 0.5) is 28.0 Å². The number of alkyl halides is 5. The Hall–Kier alpha value is -2.99. The first-order valence-corrected chi connectivity index (χ1v) is 8.55. The molecule has 0 bridgehead atoms. The Morgan fingerprint density at radius 3 is 2.62 bits per heavy atom. The topological polar surface area (TPSA) is 104 Å². The number of pyridine rings is 1. The zero-order chi connectivity index (χ0) is 21.0. The number of nitrogens with zero attached hydrogens (tertiary/aromatic N) is 3. The summed E-state index contributed by atoms with van der Waals surface area (Å²) in [7, 11) is 0. The quantitative estimate of drug-likeness (QED) is 0.736. The van der Waals surface area contributed by atoms with Crippen LogP contribution in [0.15, 0.2) is 21.3 Å². The molecule has 1 atom stereocenters. The summed E-state index contributed by atoms with van der Waals surface area (Å²) in [5, 5.41) is 9.66. The van der Waals surface area contributed by atoms with Crippen LogP contribution in [0.1, 0.15) is 18.5 Å². The number of likely N-dealkylation sites (tertiary alicyclic amines) is 1. The van der Waals surface area contributed by atoms with Gasteiger partial charge in [-0.3, -0.25) is 9.59 Å². The Morgan fingerprint density at radius 1 is 1.31 bits per heavy atom. The third-order valence-electron chi connectivity index (χ3n) is 5.18. The predicted octanol–water partition coefficient (Wildman–Crippen LogP) is 2.11. The van der Waals surface area contributed by atoms with E-state index in [9.17, 15) is 31.5 Å².